The van der Waals surface area contributed by atoms with Crippen LogP contribution < -0.4 is 4.74 Å². The standard InChI is InChI=1S/C32H33NO4/c1-2-36-30-17-8-7-16-28(30)31(34)21-18-22-10-9-11-23(19-21)33(22)32(35)37-20-29-26-14-5-3-12-24(26)25-13-4-6-15-27(25)29/h3-8,12-17,21-23,29H,2,9-11,18-20H2,1H3. The SMILES string of the molecule is CCOc1ccccc1C(=O)C1CC2CCCC(C1)N2C(=O)OCC1c2ccccc2-c2ccccc21. The van der Waals surface area contributed by atoms with Crippen LogP contribution in [0.3, 0.4) is 0 Å². The highest BCUT2D eigenvalue weighted by Gasteiger charge is 2.44. The average molecular weight is 496 g/mol. The topological polar surface area (TPSA) is 55.8 Å². The Labute approximate surface area is 218 Å². The van der Waals surface area contributed by atoms with Crippen molar-refractivity contribution in [3.05, 3.63) is 89.5 Å². The van der Waals surface area contributed by atoms with Crippen molar-refractivity contribution in [2.45, 2.75) is 57.0 Å². The zero-order chi connectivity index (χ0) is 25.4. The van der Waals surface area contributed by atoms with Crippen LogP contribution in [0.1, 0.15) is 66.4 Å². The van der Waals surface area contributed by atoms with Crippen LogP contribution in [-0.4, -0.2) is 42.1 Å². The van der Waals surface area contributed by atoms with Gasteiger partial charge in [-0.05, 0) is 73.4 Å². The maximum Gasteiger partial charge on any atom is 0.410 e. The van der Waals surface area contributed by atoms with E-state index >= 15 is 0 Å². The number of nitrogens with zero attached hydrogens (tertiary/aromatic N) is 1. The first kappa shape index (κ1) is 23.8. The minimum Gasteiger partial charge on any atom is -0.493 e. The maximum atomic E-state index is 13.5. The zero-order valence-electron chi connectivity index (χ0n) is 21.3. The van der Waals surface area contributed by atoms with E-state index in [1.54, 1.807) is 0 Å². The minimum atomic E-state index is -0.239. The highest BCUT2D eigenvalue weighted by molar-refractivity contribution is 6.00. The highest BCUT2D eigenvalue weighted by Crippen LogP contribution is 2.45. The van der Waals surface area contributed by atoms with Gasteiger partial charge in [-0.15, -0.1) is 0 Å². The van der Waals surface area contributed by atoms with E-state index in [2.05, 4.69) is 48.5 Å². The first-order valence-electron chi connectivity index (χ1n) is 13.5. The molecule has 1 aliphatic carbocycles. The smallest absolute Gasteiger partial charge is 0.410 e. The molecule has 2 bridgehead atoms. The van der Waals surface area contributed by atoms with Crippen LogP contribution in [0.5, 0.6) is 5.75 Å². The summed E-state index contributed by atoms with van der Waals surface area (Å²) in [6, 6.07) is 24.4. The Morgan fingerprint density at radius 1 is 0.838 bits per heavy atom. The molecule has 2 aliphatic heterocycles. The lowest BCUT2D eigenvalue weighted by Gasteiger charge is -2.47. The molecule has 2 heterocycles. The molecule has 0 saturated carbocycles. The number of hydrogen-bond donors (Lipinski definition) is 0. The summed E-state index contributed by atoms with van der Waals surface area (Å²) in [5.41, 5.74) is 5.54. The van der Waals surface area contributed by atoms with Gasteiger partial charge in [0, 0.05) is 23.9 Å². The molecule has 0 radical (unpaired) electrons. The van der Waals surface area contributed by atoms with Gasteiger partial charge in [-0.25, -0.2) is 4.79 Å². The summed E-state index contributed by atoms with van der Waals surface area (Å²) in [6.45, 7) is 2.78. The zero-order valence-corrected chi connectivity index (χ0v) is 21.3. The Balaban J connectivity index is 1.16. The van der Waals surface area contributed by atoms with Crippen LogP contribution in [0, 0.1) is 5.92 Å². The van der Waals surface area contributed by atoms with Gasteiger partial charge < -0.3 is 14.4 Å². The van der Waals surface area contributed by atoms with E-state index < -0.39 is 0 Å². The quantitative estimate of drug-likeness (QED) is 0.351. The minimum absolute atomic E-state index is 0.0383. The van der Waals surface area contributed by atoms with Crippen LogP contribution in [0.25, 0.3) is 11.1 Å². The number of ether oxygens (including phenoxy) is 2. The first-order valence-corrected chi connectivity index (χ1v) is 13.5. The van der Waals surface area contributed by atoms with E-state index in [0.29, 0.717) is 37.4 Å². The molecule has 3 aromatic rings. The van der Waals surface area contributed by atoms with Crippen LogP contribution >= 0.6 is 0 Å². The van der Waals surface area contributed by atoms with Gasteiger partial charge in [0.05, 0.1) is 12.2 Å². The summed E-state index contributed by atoms with van der Waals surface area (Å²) in [7, 11) is 0. The molecule has 3 aliphatic rings. The second-order valence-corrected chi connectivity index (χ2v) is 10.4. The number of rotatable bonds is 6. The molecule has 190 valence electrons. The first-order chi connectivity index (χ1) is 18.2. The molecule has 0 N–H and O–H groups in total. The molecular formula is C32H33NO4. The predicted octanol–water partition coefficient (Wildman–Crippen LogP) is 6.85. The third-order valence-electron chi connectivity index (χ3n) is 8.34. The average Bonchev–Trinajstić information content (AvgIpc) is 3.25. The molecule has 2 atom stereocenters. The number of piperidine rings is 2. The molecular weight excluding hydrogens is 462 g/mol. The fraction of sp³-hybridized carbons (Fsp3) is 0.375. The van der Waals surface area contributed by atoms with Crippen molar-refractivity contribution in [2.75, 3.05) is 13.2 Å². The molecule has 2 fully saturated rings. The molecule has 0 aromatic heterocycles. The van der Waals surface area contributed by atoms with Gasteiger partial charge in [0.1, 0.15) is 12.4 Å². The number of benzene rings is 3. The van der Waals surface area contributed by atoms with E-state index in [4.69, 9.17) is 9.47 Å². The number of Topliss-reactive ketones (excluding diaryl/α,β-unsaturated/α-hetero) is 1. The summed E-state index contributed by atoms with van der Waals surface area (Å²) in [5, 5.41) is 0. The van der Waals surface area contributed by atoms with Gasteiger partial charge in [-0.2, -0.15) is 0 Å². The highest BCUT2D eigenvalue weighted by atomic mass is 16.6. The number of carbonyl (C=O) groups excluding carboxylic acids is 2. The van der Waals surface area contributed by atoms with Crippen LogP contribution in [0.4, 0.5) is 4.79 Å². The molecule has 3 aromatic carbocycles. The van der Waals surface area contributed by atoms with E-state index in [-0.39, 0.29) is 35.8 Å². The lowest BCUT2D eigenvalue weighted by Crippen LogP contribution is -2.55. The summed E-state index contributed by atoms with van der Waals surface area (Å²) >= 11 is 0. The van der Waals surface area contributed by atoms with Gasteiger partial charge in [0.2, 0.25) is 0 Å². The molecule has 2 saturated heterocycles. The van der Waals surface area contributed by atoms with Crippen molar-refractivity contribution >= 4 is 11.9 Å². The normalized spacial score (nSPS) is 22.2. The lowest BCUT2D eigenvalue weighted by atomic mass is 9.75. The lowest BCUT2D eigenvalue weighted by molar-refractivity contribution is 0.00644. The Hall–Kier alpha value is -3.60. The van der Waals surface area contributed by atoms with E-state index in [9.17, 15) is 9.59 Å². The van der Waals surface area contributed by atoms with Gasteiger partial charge in [0.25, 0.3) is 0 Å². The Kier molecular flexibility index (Phi) is 6.45. The molecule has 5 nitrogen and oxygen atoms in total. The predicted molar refractivity (Wildman–Crippen MR) is 143 cm³/mol. The number of para-hydroxylation sites is 1. The van der Waals surface area contributed by atoms with Gasteiger partial charge in [0.15, 0.2) is 5.78 Å². The number of amides is 1. The van der Waals surface area contributed by atoms with Crippen molar-refractivity contribution in [2.24, 2.45) is 5.92 Å². The van der Waals surface area contributed by atoms with Crippen LogP contribution in [-0.2, 0) is 4.74 Å². The second-order valence-electron chi connectivity index (χ2n) is 10.4. The largest absolute Gasteiger partial charge is 0.493 e. The van der Waals surface area contributed by atoms with Crippen LogP contribution in [0.15, 0.2) is 72.8 Å². The van der Waals surface area contributed by atoms with Crippen LogP contribution in [0.2, 0.25) is 0 Å². The van der Waals surface area contributed by atoms with Gasteiger partial charge >= 0.3 is 6.09 Å². The maximum absolute atomic E-state index is 13.5. The molecule has 6 rings (SSSR count). The Morgan fingerprint density at radius 3 is 2.08 bits per heavy atom. The molecule has 0 spiro atoms. The third kappa shape index (κ3) is 4.30. The summed E-state index contributed by atoms with van der Waals surface area (Å²) < 4.78 is 11.8. The summed E-state index contributed by atoms with van der Waals surface area (Å²) in [5.74, 6) is 0.729. The monoisotopic (exact) mass is 495 g/mol. The fourth-order valence-electron chi connectivity index (χ4n) is 6.73. The van der Waals surface area contributed by atoms with Crippen molar-refractivity contribution in [3.8, 4) is 16.9 Å². The Morgan fingerprint density at radius 2 is 1.43 bits per heavy atom. The number of carbonyl (C=O) groups is 2. The van der Waals surface area contributed by atoms with E-state index in [1.165, 1.54) is 22.3 Å². The van der Waals surface area contributed by atoms with Crippen molar-refractivity contribution < 1.29 is 19.1 Å². The Bertz CT molecular complexity index is 1260. The van der Waals surface area contributed by atoms with Gasteiger partial charge in [-0.3, -0.25) is 4.79 Å². The van der Waals surface area contributed by atoms with E-state index in [0.717, 1.165) is 19.3 Å². The summed E-state index contributed by atoms with van der Waals surface area (Å²) in [6.07, 6.45) is 4.03. The summed E-state index contributed by atoms with van der Waals surface area (Å²) in [4.78, 5) is 29.0. The molecule has 2 unspecified atom stereocenters. The number of ketones is 1. The van der Waals surface area contributed by atoms with Crippen molar-refractivity contribution in [1.29, 1.82) is 0 Å². The number of fused-ring (bicyclic) bond motifs is 5. The van der Waals surface area contributed by atoms with E-state index in [1.807, 2.05) is 36.1 Å². The number of hydrogen-bond acceptors (Lipinski definition) is 4. The third-order valence-corrected chi connectivity index (χ3v) is 8.34. The van der Waals surface area contributed by atoms with Crippen molar-refractivity contribution in [1.82, 2.24) is 4.90 Å². The molecule has 1 amide bonds. The molecule has 5 heteroatoms. The fourth-order valence-corrected chi connectivity index (χ4v) is 6.73. The van der Waals surface area contributed by atoms with Crippen molar-refractivity contribution in [3.63, 3.8) is 0 Å². The van der Waals surface area contributed by atoms with Gasteiger partial charge in [-0.1, -0.05) is 60.7 Å². The second kappa shape index (κ2) is 10.0. The molecule has 37 heavy (non-hydrogen) atoms.